The number of carbonyl (C=O) groups is 1. The molecule has 0 N–H and O–H groups in total. The van der Waals surface area contributed by atoms with Crippen molar-refractivity contribution in [2.45, 2.75) is 25.2 Å². The zero-order valence-electron chi connectivity index (χ0n) is 10.6. The van der Waals surface area contributed by atoms with Gasteiger partial charge in [0.2, 0.25) is 0 Å². The molecule has 0 amide bonds. The molecule has 0 aliphatic heterocycles. The summed E-state index contributed by atoms with van der Waals surface area (Å²) in [6, 6.07) is 14.0. The lowest BCUT2D eigenvalue weighted by molar-refractivity contribution is 0.112. The highest BCUT2D eigenvalue weighted by Gasteiger charge is 2.19. The Hall–Kier alpha value is -1.60. The fourth-order valence-corrected chi connectivity index (χ4v) is 2.78. The minimum atomic E-state index is 0.598. The van der Waals surface area contributed by atoms with Crippen molar-refractivity contribution in [2.24, 2.45) is 0 Å². The van der Waals surface area contributed by atoms with Gasteiger partial charge in [-0.25, -0.2) is 0 Å². The number of hydrogen-bond acceptors (Lipinski definition) is 1. The van der Waals surface area contributed by atoms with E-state index < -0.39 is 0 Å². The Bertz CT molecular complexity index is 614. The first-order valence-corrected chi connectivity index (χ1v) is 7.01. The van der Waals surface area contributed by atoms with E-state index in [4.69, 9.17) is 11.6 Å². The molecule has 19 heavy (non-hydrogen) atoms. The van der Waals surface area contributed by atoms with E-state index >= 15 is 0 Å². The van der Waals surface area contributed by atoms with E-state index in [9.17, 15) is 4.79 Å². The summed E-state index contributed by atoms with van der Waals surface area (Å²) >= 11 is 5.94. The summed E-state index contributed by atoms with van der Waals surface area (Å²) < 4.78 is 0. The molecule has 0 saturated heterocycles. The first-order valence-electron chi connectivity index (χ1n) is 6.63. The van der Waals surface area contributed by atoms with Crippen molar-refractivity contribution in [3.8, 4) is 11.1 Å². The van der Waals surface area contributed by atoms with E-state index in [1.54, 1.807) is 6.07 Å². The van der Waals surface area contributed by atoms with Crippen LogP contribution < -0.4 is 0 Å². The number of benzene rings is 2. The molecule has 1 nitrogen and oxygen atoms in total. The Morgan fingerprint density at radius 1 is 1.11 bits per heavy atom. The number of hydrogen-bond donors (Lipinski definition) is 0. The summed E-state index contributed by atoms with van der Waals surface area (Å²) in [6.07, 6.45) is 4.77. The molecule has 96 valence electrons. The highest BCUT2D eigenvalue weighted by molar-refractivity contribution is 6.31. The van der Waals surface area contributed by atoms with Gasteiger partial charge in [-0.1, -0.05) is 48.4 Å². The first kappa shape index (κ1) is 12.4. The predicted molar refractivity (Wildman–Crippen MR) is 78.9 cm³/mol. The van der Waals surface area contributed by atoms with E-state index in [1.807, 2.05) is 12.1 Å². The molecule has 1 aliphatic rings. The van der Waals surface area contributed by atoms with Crippen molar-refractivity contribution in [2.75, 3.05) is 0 Å². The Kier molecular flexibility index (Phi) is 3.39. The minimum absolute atomic E-state index is 0.598. The largest absolute Gasteiger partial charge is 0.298 e. The number of halogens is 1. The van der Waals surface area contributed by atoms with Gasteiger partial charge in [0.25, 0.3) is 0 Å². The molecule has 2 aromatic rings. The van der Waals surface area contributed by atoms with E-state index in [-0.39, 0.29) is 0 Å². The Labute approximate surface area is 118 Å². The Morgan fingerprint density at radius 2 is 1.95 bits per heavy atom. The third-order valence-electron chi connectivity index (χ3n) is 3.91. The highest BCUT2D eigenvalue weighted by Crippen LogP contribution is 2.38. The molecule has 1 saturated carbocycles. The monoisotopic (exact) mass is 270 g/mol. The molecule has 0 atom stereocenters. The van der Waals surface area contributed by atoms with Gasteiger partial charge in [-0.2, -0.15) is 0 Å². The van der Waals surface area contributed by atoms with E-state index in [1.165, 1.54) is 24.8 Å². The van der Waals surface area contributed by atoms with Crippen LogP contribution in [0.25, 0.3) is 11.1 Å². The van der Waals surface area contributed by atoms with Gasteiger partial charge in [0, 0.05) is 10.6 Å². The van der Waals surface area contributed by atoms with Gasteiger partial charge in [0.1, 0.15) is 0 Å². The van der Waals surface area contributed by atoms with E-state index in [2.05, 4.69) is 24.3 Å². The van der Waals surface area contributed by atoms with Crippen molar-refractivity contribution in [3.05, 3.63) is 58.6 Å². The second-order valence-electron chi connectivity index (χ2n) is 5.10. The SMILES string of the molecule is O=Cc1cc(Cl)ccc1-c1cccc(C2CCC2)c1. The summed E-state index contributed by atoms with van der Waals surface area (Å²) in [4.78, 5) is 11.2. The Morgan fingerprint density at radius 3 is 2.63 bits per heavy atom. The van der Waals surface area contributed by atoms with Crippen molar-refractivity contribution in [3.63, 3.8) is 0 Å². The van der Waals surface area contributed by atoms with Crippen LogP contribution in [0.1, 0.15) is 41.1 Å². The van der Waals surface area contributed by atoms with Crippen LogP contribution in [0.2, 0.25) is 5.02 Å². The molecule has 1 fully saturated rings. The van der Waals surface area contributed by atoms with Crippen LogP contribution in [-0.2, 0) is 0 Å². The van der Waals surface area contributed by atoms with Gasteiger partial charge in [-0.3, -0.25) is 4.79 Å². The smallest absolute Gasteiger partial charge is 0.150 e. The zero-order valence-corrected chi connectivity index (χ0v) is 11.4. The number of carbonyl (C=O) groups excluding carboxylic acids is 1. The summed E-state index contributed by atoms with van der Waals surface area (Å²) in [5, 5.41) is 0.598. The van der Waals surface area contributed by atoms with Crippen molar-refractivity contribution in [1.82, 2.24) is 0 Å². The molecule has 1 aliphatic carbocycles. The summed E-state index contributed by atoms with van der Waals surface area (Å²) in [5.41, 5.74) is 4.09. The minimum Gasteiger partial charge on any atom is -0.298 e. The molecule has 3 rings (SSSR count). The number of aldehydes is 1. The highest BCUT2D eigenvalue weighted by atomic mass is 35.5. The van der Waals surface area contributed by atoms with Gasteiger partial charge >= 0.3 is 0 Å². The van der Waals surface area contributed by atoms with Gasteiger partial charge < -0.3 is 0 Å². The van der Waals surface area contributed by atoms with Gasteiger partial charge in [-0.15, -0.1) is 0 Å². The van der Waals surface area contributed by atoms with Crippen LogP contribution in [0.4, 0.5) is 0 Å². The van der Waals surface area contributed by atoms with Crippen molar-refractivity contribution < 1.29 is 4.79 Å². The average Bonchev–Trinajstić information content (AvgIpc) is 2.37. The molecule has 0 radical (unpaired) electrons. The lowest BCUT2D eigenvalue weighted by Gasteiger charge is -2.26. The second kappa shape index (κ2) is 5.18. The van der Waals surface area contributed by atoms with Crippen molar-refractivity contribution in [1.29, 1.82) is 0 Å². The number of rotatable bonds is 3. The lowest BCUT2D eigenvalue weighted by atomic mass is 9.79. The average molecular weight is 271 g/mol. The summed E-state index contributed by atoms with van der Waals surface area (Å²) in [7, 11) is 0. The van der Waals surface area contributed by atoms with Crippen LogP contribution in [0.15, 0.2) is 42.5 Å². The standard InChI is InChI=1S/C17H15ClO/c18-16-7-8-17(15(10-16)11-19)14-6-2-5-13(9-14)12-3-1-4-12/h2,5-12H,1,3-4H2. The summed E-state index contributed by atoms with van der Waals surface area (Å²) in [5.74, 6) is 0.701. The fraction of sp³-hybridized carbons (Fsp3) is 0.235. The van der Waals surface area contributed by atoms with Crippen molar-refractivity contribution >= 4 is 17.9 Å². The van der Waals surface area contributed by atoms with E-state index in [0.29, 0.717) is 16.5 Å². The maximum absolute atomic E-state index is 11.2. The predicted octanol–water partition coefficient (Wildman–Crippen LogP) is 5.09. The lowest BCUT2D eigenvalue weighted by Crippen LogP contribution is -2.08. The maximum atomic E-state index is 11.2. The molecular weight excluding hydrogens is 256 g/mol. The molecule has 2 heteroatoms. The molecule has 0 unspecified atom stereocenters. The molecule has 0 bridgehead atoms. The third-order valence-corrected chi connectivity index (χ3v) is 4.15. The van der Waals surface area contributed by atoms with Gasteiger partial charge in [0.15, 0.2) is 6.29 Å². The molecular formula is C17H15ClO. The van der Waals surface area contributed by atoms with Crippen LogP contribution >= 0.6 is 11.6 Å². The Balaban J connectivity index is 2.03. The zero-order chi connectivity index (χ0) is 13.2. The fourth-order valence-electron chi connectivity index (χ4n) is 2.60. The van der Waals surface area contributed by atoms with Gasteiger partial charge in [-0.05, 0) is 47.6 Å². The van der Waals surface area contributed by atoms with Crippen LogP contribution in [-0.4, -0.2) is 6.29 Å². The van der Waals surface area contributed by atoms with Gasteiger partial charge in [0.05, 0.1) is 0 Å². The van der Waals surface area contributed by atoms with Crippen LogP contribution in [0, 0.1) is 0 Å². The molecule has 0 heterocycles. The topological polar surface area (TPSA) is 17.1 Å². The van der Waals surface area contributed by atoms with E-state index in [0.717, 1.165) is 17.4 Å². The molecule has 0 spiro atoms. The summed E-state index contributed by atoms with van der Waals surface area (Å²) in [6.45, 7) is 0. The maximum Gasteiger partial charge on any atom is 0.150 e. The quantitative estimate of drug-likeness (QED) is 0.710. The second-order valence-corrected chi connectivity index (χ2v) is 5.54. The van der Waals surface area contributed by atoms with Crippen LogP contribution in [0.3, 0.4) is 0 Å². The van der Waals surface area contributed by atoms with Crippen LogP contribution in [0.5, 0.6) is 0 Å². The third kappa shape index (κ3) is 2.43. The molecule has 0 aromatic heterocycles. The first-order chi connectivity index (χ1) is 9.28. The normalized spacial score (nSPS) is 15.0. The molecule has 2 aromatic carbocycles.